The van der Waals surface area contributed by atoms with Gasteiger partial charge in [0.2, 0.25) is 0 Å². The molecule has 2 aromatic carbocycles. The highest BCUT2D eigenvalue weighted by atomic mass is 16.3. The van der Waals surface area contributed by atoms with E-state index < -0.39 is 5.60 Å². The van der Waals surface area contributed by atoms with Crippen molar-refractivity contribution in [3.05, 3.63) is 88.5 Å². The molecule has 0 saturated carbocycles. The summed E-state index contributed by atoms with van der Waals surface area (Å²) in [6.45, 7) is 5.87. The first-order valence-electron chi connectivity index (χ1n) is 10.1. The molecule has 29 heavy (non-hydrogen) atoms. The van der Waals surface area contributed by atoms with E-state index in [-0.39, 0.29) is 13.2 Å². The van der Waals surface area contributed by atoms with Crippen molar-refractivity contribution in [3.63, 3.8) is 0 Å². The van der Waals surface area contributed by atoms with Crippen molar-refractivity contribution < 1.29 is 15.3 Å². The first-order valence-corrected chi connectivity index (χ1v) is 10.1. The zero-order valence-corrected chi connectivity index (χ0v) is 17.6. The number of aliphatic hydroxyl groups excluding tert-OH is 2. The molecule has 0 atom stereocenters. The van der Waals surface area contributed by atoms with Crippen LogP contribution in [0.2, 0.25) is 0 Å². The van der Waals surface area contributed by atoms with Gasteiger partial charge in [-0.25, -0.2) is 0 Å². The highest BCUT2D eigenvalue weighted by Crippen LogP contribution is 2.20. The van der Waals surface area contributed by atoms with Gasteiger partial charge in [-0.05, 0) is 65.3 Å². The van der Waals surface area contributed by atoms with Crippen LogP contribution in [0.4, 0.5) is 0 Å². The van der Waals surface area contributed by atoms with Gasteiger partial charge < -0.3 is 15.3 Å². The van der Waals surface area contributed by atoms with Crippen LogP contribution >= 0.6 is 0 Å². The van der Waals surface area contributed by atoms with Crippen LogP contribution in [0.5, 0.6) is 0 Å². The van der Waals surface area contributed by atoms with E-state index in [2.05, 4.69) is 19.1 Å². The number of rotatable bonds is 9. The van der Waals surface area contributed by atoms with E-state index in [0.717, 1.165) is 33.4 Å². The lowest BCUT2D eigenvalue weighted by atomic mass is 9.96. The molecular formula is C26H32O3. The maximum absolute atomic E-state index is 10.4. The highest BCUT2D eigenvalue weighted by molar-refractivity contribution is 5.73. The minimum absolute atomic E-state index is 0.0735. The Morgan fingerprint density at radius 3 is 2.17 bits per heavy atom. The Kier molecular flexibility index (Phi) is 8.59. The molecule has 0 spiro atoms. The summed E-state index contributed by atoms with van der Waals surface area (Å²) in [5.74, 6) is 0. The summed E-state index contributed by atoms with van der Waals surface area (Å²) >= 11 is 0. The first kappa shape index (κ1) is 22.8. The third-order valence-corrected chi connectivity index (χ3v) is 5.36. The van der Waals surface area contributed by atoms with Crippen LogP contribution in [0.15, 0.2) is 60.7 Å². The number of allylic oxidation sites excluding steroid dienone is 3. The van der Waals surface area contributed by atoms with Crippen molar-refractivity contribution in [1.82, 2.24) is 0 Å². The Balaban J connectivity index is 2.18. The van der Waals surface area contributed by atoms with Crippen LogP contribution in [-0.4, -0.2) is 20.9 Å². The second kappa shape index (κ2) is 10.9. The first-order chi connectivity index (χ1) is 13.9. The van der Waals surface area contributed by atoms with Crippen molar-refractivity contribution >= 4 is 17.7 Å². The lowest BCUT2D eigenvalue weighted by Crippen LogP contribution is -2.22. The molecule has 3 heteroatoms. The molecule has 2 rings (SSSR count). The molecule has 0 unspecified atom stereocenters. The standard InChI is InChI=1S/C26H32O3/c1-4-26(29,5-2)15-7-8-20(3)23-10-6-9-21(16-23)11-12-22-13-14-24(18-27)25(17-22)19-28/h6-17,27-29H,4-5,18-19H2,1-3H3/b12-11+,15-7+,20-8-. The lowest BCUT2D eigenvalue weighted by molar-refractivity contribution is 0.0828. The average molecular weight is 393 g/mol. The van der Waals surface area contributed by atoms with Gasteiger partial charge in [0.1, 0.15) is 0 Å². The normalized spacial score (nSPS) is 13.0. The predicted molar refractivity (Wildman–Crippen MR) is 122 cm³/mol. The van der Waals surface area contributed by atoms with Gasteiger partial charge in [-0.1, -0.05) is 74.6 Å². The Morgan fingerprint density at radius 1 is 0.897 bits per heavy atom. The fourth-order valence-corrected chi connectivity index (χ4v) is 3.08. The third-order valence-electron chi connectivity index (χ3n) is 5.36. The molecule has 3 N–H and O–H groups in total. The molecule has 0 heterocycles. The Hall–Kier alpha value is -2.46. The van der Waals surface area contributed by atoms with Gasteiger partial charge >= 0.3 is 0 Å². The lowest BCUT2D eigenvalue weighted by Gasteiger charge is -2.19. The summed E-state index contributed by atoms with van der Waals surface area (Å²) in [5.41, 5.74) is 5.06. The fraction of sp³-hybridized carbons (Fsp3) is 0.308. The van der Waals surface area contributed by atoms with E-state index in [4.69, 9.17) is 0 Å². The smallest absolute Gasteiger partial charge is 0.0825 e. The maximum Gasteiger partial charge on any atom is 0.0825 e. The van der Waals surface area contributed by atoms with Crippen LogP contribution in [0.3, 0.4) is 0 Å². The number of aliphatic hydroxyl groups is 3. The van der Waals surface area contributed by atoms with E-state index in [1.54, 1.807) is 0 Å². The second-order valence-electron chi connectivity index (χ2n) is 7.32. The molecule has 0 amide bonds. The van der Waals surface area contributed by atoms with Crippen LogP contribution in [-0.2, 0) is 13.2 Å². The second-order valence-corrected chi connectivity index (χ2v) is 7.32. The van der Waals surface area contributed by atoms with Crippen molar-refractivity contribution in [2.75, 3.05) is 0 Å². The minimum Gasteiger partial charge on any atom is -0.392 e. The van der Waals surface area contributed by atoms with Gasteiger partial charge in [0.25, 0.3) is 0 Å². The third kappa shape index (κ3) is 6.53. The van der Waals surface area contributed by atoms with E-state index in [1.807, 2.05) is 74.6 Å². The zero-order valence-electron chi connectivity index (χ0n) is 17.6. The van der Waals surface area contributed by atoms with Gasteiger partial charge in [0, 0.05) is 0 Å². The number of hydrogen-bond donors (Lipinski definition) is 3. The maximum atomic E-state index is 10.4. The van der Waals surface area contributed by atoms with E-state index in [9.17, 15) is 15.3 Å². The summed E-state index contributed by atoms with van der Waals surface area (Å²) < 4.78 is 0. The van der Waals surface area contributed by atoms with Gasteiger partial charge in [-0.15, -0.1) is 0 Å². The Labute approximate surface area is 174 Å². The van der Waals surface area contributed by atoms with Crippen molar-refractivity contribution in [3.8, 4) is 0 Å². The molecule has 0 aromatic heterocycles. The zero-order chi connectivity index (χ0) is 21.3. The predicted octanol–water partition coefficient (Wildman–Crippen LogP) is 5.35. The van der Waals surface area contributed by atoms with Gasteiger partial charge in [0.15, 0.2) is 0 Å². The van der Waals surface area contributed by atoms with Gasteiger partial charge in [0.05, 0.1) is 18.8 Å². The Morgan fingerprint density at radius 2 is 1.55 bits per heavy atom. The van der Waals surface area contributed by atoms with Crippen LogP contribution in [0.1, 0.15) is 61.4 Å². The molecule has 0 aliphatic carbocycles. The van der Waals surface area contributed by atoms with Gasteiger partial charge in [-0.3, -0.25) is 0 Å². The van der Waals surface area contributed by atoms with Crippen LogP contribution in [0, 0.1) is 0 Å². The highest BCUT2D eigenvalue weighted by Gasteiger charge is 2.16. The molecule has 0 saturated heterocycles. The van der Waals surface area contributed by atoms with E-state index in [1.165, 1.54) is 0 Å². The largest absolute Gasteiger partial charge is 0.392 e. The SMILES string of the molecule is CCC(O)(/C=C/C=C(/C)c1cccc(/C=C/c2ccc(CO)c(CO)c2)c1)CC. The van der Waals surface area contributed by atoms with Crippen molar-refractivity contribution in [1.29, 1.82) is 0 Å². The summed E-state index contributed by atoms with van der Waals surface area (Å²) in [4.78, 5) is 0. The molecule has 0 bridgehead atoms. The molecular weight excluding hydrogens is 360 g/mol. The molecule has 3 nitrogen and oxygen atoms in total. The summed E-state index contributed by atoms with van der Waals surface area (Å²) in [7, 11) is 0. The monoisotopic (exact) mass is 392 g/mol. The van der Waals surface area contributed by atoms with Crippen LogP contribution in [0.25, 0.3) is 17.7 Å². The van der Waals surface area contributed by atoms with Gasteiger partial charge in [-0.2, -0.15) is 0 Å². The van der Waals surface area contributed by atoms with Crippen molar-refractivity contribution in [2.24, 2.45) is 0 Å². The molecule has 0 radical (unpaired) electrons. The summed E-state index contributed by atoms with van der Waals surface area (Å²) in [5, 5.41) is 29.1. The topological polar surface area (TPSA) is 60.7 Å². The fourth-order valence-electron chi connectivity index (χ4n) is 3.08. The van der Waals surface area contributed by atoms with E-state index in [0.29, 0.717) is 12.8 Å². The minimum atomic E-state index is -0.736. The van der Waals surface area contributed by atoms with Crippen LogP contribution < -0.4 is 0 Å². The molecule has 154 valence electrons. The molecule has 0 aliphatic heterocycles. The molecule has 0 aliphatic rings. The molecule has 2 aromatic rings. The van der Waals surface area contributed by atoms with E-state index >= 15 is 0 Å². The number of benzene rings is 2. The number of hydrogen-bond acceptors (Lipinski definition) is 3. The Bertz CT molecular complexity index is 887. The quantitative estimate of drug-likeness (QED) is 0.398. The summed E-state index contributed by atoms with van der Waals surface area (Å²) in [6, 6.07) is 13.9. The summed E-state index contributed by atoms with van der Waals surface area (Å²) in [6.07, 6.45) is 11.3. The van der Waals surface area contributed by atoms with Crippen molar-refractivity contribution in [2.45, 2.75) is 52.4 Å². The molecule has 0 fully saturated rings. The average Bonchev–Trinajstić information content (AvgIpc) is 2.77.